The summed E-state index contributed by atoms with van der Waals surface area (Å²) in [7, 11) is 0. The van der Waals surface area contributed by atoms with Crippen molar-refractivity contribution in [1.82, 2.24) is 0 Å². The quantitative estimate of drug-likeness (QED) is 0.599. The number of ether oxygens (including phenoxy) is 1. The SMILES string of the molecule is CCOCCCC(=O)Nc1ccc(F)cc1C#CCCO. The van der Waals surface area contributed by atoms with Crippen molar-refractivity contribution in [1.29, 1.82) is 0 Å². The van der Waals surface area contributed by atoms with Crippen molar-refractivity contribution >= 4 is 11.6 Å². The summed E-state index contributed by atoms with van der Waals surface area (Å²) in [5, 5.41) is 11.4. The fraction of sp³-hybridized carbons (Fsp3) is 0.438. The van der Waals surface area contributed by atoms with Crippen LogP contribution in [0.4, 0.5) is 10.1 Å². The molecule has 0 bridgehead atoms. The van der Waals surface area contributed by atoms with Crippen LogP contribution >= 0.6 is 0 Å². The zero-order valence-corrected chi connectivity index (χ0v) is 12.1. The van der Waals surface area contributed by atoms with E-state index in [1.807, 2.05) is 6.92 Å². The van der Waals surface area contributed by atoms with E-state index in [1.165, 1.54) is 18.2 Å². The van der Waals surface area contributed by atoms with Crippen molar-refractivity contribution in [3.8, 4) is 11.8 Å². The van der Waals surface area contributed by atoms with Gasteiger partial charge in [0, 0.05) is 26.1 Å². The molecule has 0 heterocycles. The van der Waals surface area contributed by atoms with E-state index >= 15 is 0 Å². The molecule has 0 saturated heterocycles. The average molecular weight is 293 g/mol. The van der Waals surface area contributed by atoms with Gasteiger partial charge in [0.1, 0.15) is 5.82 Å². The van der Waals surface area contributed by atoms with Gasteiger partial charge in [0.2, 0.25) is 5.91 Å². The lowest BCUT2D eigenvalue weighted by molar-refractivity contribution is -0.116. The third-order valence-electron chi connectivity index (χ3n) is 2.61. The molecule has 1 amide bonds. The molecule has 114 valence electrons. The Kier molecular flexibility index (Phi) is 8.10. The van der Waals surface area contributed by atoms with Crippen LogP contribution in [-0.2, 0) is 9.53 Å². The predicted molar refractivity (Wildman–Crippen MR) is 79.3 cm³/mol. The molecule has 21 heavy (non-hydrogen) atoms. The Morgan fingerprint density at radius 3 is 3.00 bits per heavy atom. The summed E-state index contributed by atoms with van der Waals surface area (Å²) in [6.07, 6.45) is 1.27. The first-order valence-electron chi connectivity index (χ1n) is 6.94. The van der Waals surface area contributed by atoms with E-state index in [2.05, 4.69) is 17.2 Å². The molecular weight excluding hydrogens is 273 g/mol. The van der Waals surface area contributed by atoms with Crippen molar-refractivity contribution in [2.24, 2.45) is 0 Å². The molecule has 0 aliphatic rings. The van der Waals surface area contributed by atoms with Crippen molar-refractivity contribution in [2.45, 2.75) is 26.2 Å². The maximum Gasteiger partial charge on any atom is 0.224 e. The van der Waals surface area contributed by atoms with E-state index in [9.17, 15) is 9.18 Å². The molecule has 0 radical (unpaired) electrons. The number of benzene rings is 1. The van der Waals surface area contributed by atoms with Crippen molar-refractivity contribution in [3.63, 3.8) is 0 Å². The summed E-state index contributed by atoms with van der Waals surface area (Å²) >= 11 is 0. The highest BCUT2D eigenvalue weighted by molar-refractivity contribution is 5.92. The maximum absolute atomic E-state index is 13.2. The number of carbonyl (C=O) groups excluding carboxylic acids is 1. The van der Waals surface area contributed by atoms with Crippen LogP contribution in [0.15, 0.2) is 18.2 Å². The highest BCUT2D eigenvalue weighted by Gasteiger charge is 2.07. The van der Waals surface area contributed by atoms with E-state index < -0.39 is 5.82 Å². The second-order valence-corrected chi connectivity index (χ2v) is 4.31. The summed E-state index contributed by atoms with van der Waals surface area (Å²) in [6, 6.07) is 4.02. The topological polar surface area (TPSA) is 58.6 Å². The molecule has 0 saturated carbocycles. The second-order valence-electron chi connectivity index (χ2n) is 4.31. The fourth-order valence-electron chi connectivity index (χ4n) is 1.63. The van der Waals surface area contributed by atoms with Crippen LogP contribution in [0.1, 0.15) is 31.7 Å². The summed E-state index contributed by atoms with van der Waals surface area (Å²) in [5.41, 5.74) is 0.879. The number of hydrogen-bond donors (Lipinski definition) is 2. The van der Waals surface area contributed by atoms with Crippen molar-refractivity contribution < 1.29 is 19.0 Å². The van der Waals surface area contributed by atoms with Crippen LogP contribution in [0.25, 0.3) is 0 Å². The number of nitrogens with one attached hydrogen (secondary N) is 1. The highest BCUT2D eigenvalue weighted by Crippen LogP contribution is 2.16. The summed E-state index contributed by atoms with van der Waals surface area (Å²) < 4.78 is 18.4. The standard InChI is InChI=1S/C16H20FNO3/c1-2-21-11-5-7-16(20)18-15-9-8-14(17)12-13(15)6-3-4-10-19/h8-9,12,19H,2,4-5,7,10-11H2,1H3,(H,18,20). The van der Waals surface area contributed by atoms with E-state index in [0.717, 1.165) is 0 Å². The molecule has 0 spiro atoms. The molecule has 0 atom stereocenters. The first-order valence-corrected chi connectivity index (χ1v) is 6.94. The first kappa shape index (κ1) is 17.2. The zero-order valence-electron chi connectivity index (χ0n) is 12.1. The van der Waals surface area contributed by atoms with Crippen LogP contribution in [0, 0.1) is 17.7 Å². The predicted octanol–water partition coefficient (Wildman–Crippen LogP) is 2.31. The summed E-state index contributed by atoms with van der Waals surface area (Å²) in [6.45, 7) is 3.01. The van der Waals surface area contributed by atoms with Gasteiger partial charge in [-0.25, -0.2) is 4.39 Å². The molecule has 1 rings (SSSR count). The van der Waals surface area contributed by atoms with Gasteiger partial charge >= 0.3 is 0 Å². The summed E-state index contributed by atoms with van der Waals surface area (Å²) in [4.78, 5) is 11.8. The second kappa shape index (κ2) is 9.92. The largest absolute Gasteiger partial charge is 0.395 e. The van der Waals surface area contributed by atoms with Crippen molar-refractivity contribution in [2.75, 3.05) is 25.1 Å². The van der Waals surface area contributed by atoms with Crippen LogP contribution in [0.3, 0.4) is 0 Å². The van der Waals surface area contributed by atoms with Crippen LogP contribution in [0.5, 0.6) is 0 Å². The van der Waals surface area contributed by atoms with Gasteiger partial charge in [0.05, 0.1) is 17.9 Å². The Bertz CT molecular complexity index is 520. The lowest BCUT2D eigenvalue weighted by atomic mass is 10.1. The lowest BCUT2D eigenvalue weighted by Crippen LogP contribution is -2.13. The number of aliphatic hydroxyl groups is 1. The third-order valence-corrected chi connectivity index (χ3v) is 2.61. The Hall–Kier alpha value is -1.90. The van der Waals surface area contributed by atoms with Gasteiger partial charge in [0.15, 0.2) is 0 Å². The fourth-order valence-corrected chi connectivity index (χ4v) is 1.63. The Balaban J connectivity index is 2.65. The minimum atomic E-state index is -0.419. The highest BCUT2D eigenvalue weighted by atomic mass is 19.1. The van der Waals surface area contributed by atoms with Crippen molar-refractivity contribution in [3.05, 3.63) is 29.6 Å². The normalized spacial score (nSPS) is 9.86. The number of carbonyl (C=O) groups is 1. The maximum atomic E-state index is 13.2. The molecular formula is C16H20FNO3. The van der Waals surface area contributed by atoms with Crippen LogP contribution in [0.2, 0.25) is 0 Å². The first-order chi connectivity index (χ1) is 10.2. The van der Waals surface area contributed by atoms with Gasteiger partial charge in [-0.05, 0) is 31.5 Å². The van der Waals surface area contributed by atoms with Gasteiger partial charge in [-0.15, -0.1) is 0 Å². The average Bonchev–Trinajstić information content (AvgIpc) is 2.47. The third kappa shape index (κ3) is 6.89. The van der Waals surface area contributed by atoms with Gasteiger partial charge in [-0.3, -0.25) is 4.79 Å². The number of amides is 1. The molecule has 0 aliphatic carbocycles. The molecule has 0 aliphatic heterocycles. The smallest absolute Gasteiger partial charge is 0.224 e. The molecule has 0 fully saturated rings. The molecule has 2 N–H and O–H groups in total. The lowest BCUT2D eigenvalue weighted by Gasteiger charge is -2.08. The minimum absolute atomic E-state index is 0.0541. The molecule has 5 heteroatoms. The molecule has 0 unspecified atom stereocenters. The molecule has 0 aromatic heterocycles. The number of hydrogen-bond acceptors (Lipinski definition) is 3. The van der Waals surface area contributed by atoms with Gasteiger partial charge in [-0.2, -0.15) is 0 Å². The van der Waals surface area contributed by atoms with E-state index in [-0.39, 0.29) is 12.5 Å². The van der Waals surface area contributed by atoms with Crippen LogP contribution < -0.4 is 5.32 Å². The Morgan fingerprint density at radius 2 is 2.29 bits per heavy atom. The van der Waals surface area contributed by atoms with Gasteiger partial charge in [0.25, 0.3) is 0 Å². The van der Waals surface area contributed by atoms with E-state index in [4.69, 9.17) is 9.84 Å². The summed E-state index contributed by atoms with van der Waals surface area (Å²) in [5.74, 6) is 4.88. The number of rotatable bonds is 7. The monoisotopic (exact) mass is 293 g/mol. The zero-order chi connectivity index (χ0) is 15.5. The molecule has 1 aromatic carbocycles. The minimum Gasteiger partial charge on any atom is -0.395 e. The van der Waals surface area contributed by atoms with E-state index in [1.54, 1.807) is 0 Å². The number of aliphatic hydroxyl groups excluding tert-OH is 1. The number of anilines is 1. The number of halogens is 1. The van der Waals surface area contributed by atoms with Gasteiger partial charge < -0.3 is 15.2 Å². The van der Waals surface area contributed by atoms with E-state index in [0.29, 0.717) is 43.7 Å². The molecule has 1 aromatic rings. The van der Waals surface area contributed by atoms with Gasteiger partial charge in [-0.1, -0.05) is 11.8 Å². The van der Waals surface area contributed by atoms with Crippen LogP contribution in [-0.4, -0.2) is 30.8 Å². The molecule has 4 nitrogen and oxygen atoms in total. The Labute approximate surface area is 124 Å². The Morgan fingerprint density at radius 1 is 1.48 bits per heavy atom.